The topological polar surface area (TPSA) is 0 Å². The first-order valence-corrected chi connectivity index (χ1v) is 4.77. The van der Waals surface area contributed by atoms with E-state index in [1.807, 2.05) is 6.92 Å². The summed E-state index contributed by atoms with van der Waals surface area (Å²) in [6.45, 7) is 1.88. The summed E-state index contributed by atoms with van der Waals surface area (Å²) < 4.78 is 0. The average molecular weight is 180 g/mol. The molecule has 0 nitrogen and oxygen atoms in total. The molecular formula is C14H12. The molecule has 14 heavy (non-hydrogen) atoms. The zero-order valence-electron chi connectivity index (χ0n) is 8.25. The van der Waals surface area contributed by atoms with Gasteiger partial charge in [0, 0.05) is 6.42 Å². The second-order valence-electron chi connectivity index (χ2n) is 3.29. The Morgan fingerprint density at radius 2 is 1.79 bits per heavy atom. The van der Waals surface area contributed by atoms with Gasteiger partial charge in [0.2, 0.25) is 0 Å². The standard InChI is InChI=1S/C14H12/c1-2-3-6-12-9-10-13-7-4-5-8-14(13)11-12/h4-5,7-11H,6H2,1H3. The van der Waals surface area contributed by atoms with Crippen LogP contribution in [-0.4, -0.2) is 0 Å². The van der Waals surface area contributed by atoms with Gasteiger partial charge in [0.1, 0.15) is 0 Å². The van der Waals surface area contributed by atoms with Crippen molar-refractivity contribution >= 4 is 10.8 Å². The van der Waals surface area contributed by atoms with Gasteiger partial charge >= 0.3 is 0 Å². The van der Waals surface area contributed by atoms with Crippen LogP contribution in [0.2, 0.25) is 0 Å². The highest BCUT2D eigenvalue weighted by Crippen LogP contribution is 2.15. The van der Waals surface area contributed by atoms with E-state index in [1.54, 1.807) is 0 Å². The van der Waals surface area contributed by atoms with Crippen molar-refractivity contribution in [3.8, 4) is 11.8 Å². The molecular weight excluding hydrogens is 168 g/mol. The van der Waals surface area contributed by atoms with Crippen molar-refractivity contribution in [2.75, 3.05) is 0 Å². The largest absolute Gasteiger partial charge is 0.106 e. The summed E-state index contributed by atoms with van der Waals surface area (Å²) in [4.78, 5) is 0. The van der Waals surface area contributed by atoms with Gasteiger partial charge in [0.15, 0.2) is 0 Å². The van der Waals surface area contributed by atoms with Gasteiger partial charge in [-0.1, -0.05) is 48.4 Å². The highest BCUT2D eigenvalue weighted by atomic mass is 14.0. The lowest BCUT2D eigenvalue weighted by Gasteiger charge is -1.99. The lowest BCUT2D eigenvalue weighted by molar-refractivity contribution is 1.33. The quantitative estimate of drug-likeness (QED) is 0.590. The molecule has 68 valence electrons. The van der Waals surface area contributed by atoms with E-state index in [1.165, 1.54) is 16.3 Å². The number of hydrogen-bond acceptors (Lipinski definition) is 0. The molecule has 0 aliphatic rings. The highest BCUT2D eigenvalue weighted by molar-refractivity contribution is 5.83. The Morgan fingerprint density at radius 1 is 1.00 bits per heavy atom. The fourth-order valence-corrected chi connectivity index (χ4v) is 1.54. The third-order valence-electron chi connectivity index (χ3n) is 2.28. The predicted octanol–water partition coefficient (Wildman–Crippen LogP) is 3.41. The lowest BCUT2D eigenvalue weighted by atomic mass is 10.1. The Labute approximate surface area is 84.6 Å². The molecule has 0 bridgehead atoms. The maximum Gasteiger partial charge on any atom is 0.0340 e. The van der Waals surface area contributed by atoms with Gasteiger partial charge in [0.25, 0.3) is 0 Å². The van der Waals surface area contributed by atoms with E-state index in [0.717, 1.165) is 6.42 Å². The van der Waals surface area contributed by atoms with E-state index in [9.17, 15) is 0 Å². The minimum atomic E-state index is 0.849. The van der Waals surface area contributed by atoms with Crippen LogP contribution >= 0.6 is 0 Å². The predicted molar refractivity (Wildman–Crippen MR) is 61.1 cm³/mol. The lowest BCUT2D eigenvalue weighted by Crippen LogP contribution is -1.81. The van der Waals surface area contributed by atoms with Crippen molar-refractivity contribution in [3.63, 3.8) is 0 Å². The molecule has 0 radical (unpaired) electrons. The molecule has 0 saturated carbocycles. The van der Waals surface area contributed by atoms with Crippen molar-refractivity contribution in [1.29, 1.82) is 0 Å². The molecule has 0 saturated heterocycles. The summed E-state index contributed by atoms with van der Waals surface area (Å²) in [7, 11) is 0. The van der Waals surface area contributed by atoms with Crippen LogP contribution in [0.5, 0.6) is 0 Å². The van der Waals surface area contributed by atoms with Crippen molar-refractivity contribution in [1.82, 2.24) is 0 Å². The van der Waals surface area contributed by atoms with Gasteiger partial charge in [-0.25, -0.2) is 0 Å². The van der Waals surface area contributed by atoms with Crippen LogP contribution in [0.15, 0.2) is 42.5 Å². The van der Waals surface area contributed by atoms with Crippen LogP contribution in [0.1, 0.15) is 12.5 Å². The summed E-state index contributed by atoms with van der Waals surface area (Å²) >= 11 is 0. The Morgan fingerprint density at radius 3 is 2.57 bits per heavy atom. The minimum absolute atomic E-state index is 0.849. The summed E-state index contributed by atoms with van der Waals surface area (Å²) in [6, 6.07) is 14.9. The van der Waals surface area contributed by atoms with E-state index >= 15 is 0 Å². The molecule has 0 atom stereocenters. The first-order chi connectivity index (χ1) is 6.90. The average Bonchev–Trinajstić information content (AvgIpc) is 2.26. The number of fused-ring (bicyclic) bond motifs is 1. The second-order valence-corrected chi connectivity index (χ2v) is 3.29. The van der Waals surface area contributed by atoms with Gasteiger partial charge in [-0.15, -0.1) is 5.92 Å². The zero-order chi connectivity index (χ0) is 9.80. The smallest absolute Gasteiger partial charge is 0.0340 e. The van der Waals surface area contributed by atoms with Crippen LogP contribution in [0.3, 0.4) is 0 Å². The summed E-state index contributed by atoms with van der Waals surface area (Å²) in [5.74, 6) is 5.99. The van der Waals surface area contributed by atoms with Gasteiger partial charge in [-0.05, 0) is 23.3 Å². The van der Waals surface area contributed by atoms with Crippen molar-refractivity contribution < 1.29 is 0 Å². The van der Waals surface area contributed by atoms with Crippen molar-refractivity contribution in [2.24, 2.45) is 0 Å². The minimum Gasteiger partial charge on any atom is -0.106 e. The second kappa shape index (κ2) is 3.98. The van der Waals surface area contributed by atoms with E-state index < -0.39 is 0 Å². The van der Waals surface area contributed by atoms with E-state index in [-0.39, 0.29) is 0 Å². The highest BCUT2D eigenvalue weighted by Gasteiger charge is 1.93. The fourth-order valence-electron chi connectivity index (χ4n) is 1.54. The molecule has 0 aliphatic heterocycles. The van der Waals surface area contributed by atoms with Crippen LogP contribution in [0.25, 0.3) is 10.8 Å². The van der Waals surface area contributed by atoms with Gasteiger partial charge in [0.05, 0.1) is 0 Å². The van der Waals surface area contributed by atoms with E-state index in [4.69, 9.17) is 0 Å². The molecule has 2 aromatic carbocycles. The molecule has 2 aromatic rings. The SMILES string of the molecule is CC#CCc1ccc2ccccc2c1. The van der Waals surface area contributed by atoms with Gasteiger partial charge in [-0.3, -0.25) is 0 Å². The molecule has 0 unspecified atom stereocenters. The first kappa shape index (κ1) is 8.84. The van der Waals surface area contributed by atoms with Crippen LogP contribution in [-0.2, 0) is 6.42 Å². The first-order valence-electron chi connectivity index (χ1n) is 4.77. The molecule has 0 heterocycles. The van der Waals surface area contributed by atoms with Crippen LogP contribution in [0, 0.1) is 11.8 Å². The Hall–Kier alpha value is -1.74. The molecule has 0 aliphatic carbocycles. The molecule has 0 fully saturated rings. The Bertz CT molecular complexity index is 498. The normalized spacial score (nSPS) is 9.50. The van der Waals surface area contributed by atoms with E-state index in [0.29, 0.717) is 0 Å². The molecule has 0 spiro atoms. The zero-order valence-corrected chi connectivity index (χ0v) is 8.25. The van der Waals surface area contributed by atoms with E-state index in [2.05, 4.69) is 54.3 Å². The third kappa shape index (κ3) is 1.78. The van der Waals surface area contributed by atoms with Crippen molar-refractivity contribution in [3.05, 3.63) is 48.0 Å². The maximum absolute atomic E-state index is 3.08. The van der Waals surface area contributed by atoms with Crippen LogP contribution < -0.4 is 0 Å². The van der Waals surface area contributed by atoms with Crippen molar-refractivity contribution in [2.45, 2.75) is 13.3 Å². The van der Waals surface area contributed by atoms with Gasteiger partial charge < -0.3 is 0 Å². The maximum atomic E-state index is 3.08. The number of rotatable bonds is 1. The summed E-state index contributed by atoms with van der Waals surface area (Å²) in [5.41, 5.74) is 1.29. The monoisotopic (exact) mass is 180 g/mol. The third-order valence-corrected chi connectivity index (χ3v) is 2.28. The Kier molecular flexibility index (Phi) is 2.51. The fraction of sp³-hybridized carbons (Fsp3) is 0.143. The molecule has 0 N–H and O–H groups in total. The van der Waals surface area contributed by atoms with Crippen LogP contribution in [0.4, 0.5) is 0 Å². The molecule has 2 rings (SSSR count). The molecule has 0 amide bonds. The number of benzene rings is 2. The number of hydrogen-bond donors (Lipinski definition) is 0. The summed E-state index contributed by atoms with van der Waals surface area (Å²) in [5, 5.41) is 2.59. The molecule has 0 heteroatoms. The Balaban J connectivity index is 2.44. The molecule has 0 aromatic heterocycles. The van der Waals surface area contributed by atoms with Gasteiger partial charge in [-0.2, -0.15) is 0 Å². The summed E-state index contributed by atoms with van der Waals surface area (Å²) in [6.07, 6.45) is 0.849.